The fourth-order valence-electron chi connectivity index (χ4n) is 4.55. The number of anilines is 1. The van der Waals surface area contributed by atoms with Gasteiger partial charge < -0.3 is 19.3 Å². The van der Waals surface area contributed by atoms with Crippen molar-refractivity contribution >= 4 is 37.1 Å². The smallest absolute Gasteiger partial charge is 0.433 e. The fourth-order valence-corrected chi connectivity index (χ4v) is 5.57. The van der Waals surface area contributed by atoms with Crippen molar-refractivity contribution in [3.05, 3.63) is 47.9 Å². The number of nitrogens with zero attached hydrogens (tertiary/aromatic N) is 3. The van der Waals surface area contributed by atoms with Gasteiger partial charge in [-0.25, -0.2) is 4.98 Å². The Hall–Kier alpha value is -3.25. The van der Waals surface area contributed by atoms with Gasteiger partial charge in [0.05, 0.1) is 23.9 Å². The summed E-state index contributed by atoms with van der Waals surface area (Å²) in [5.41, 5.74) is -0.573. The lowest BCUT2D eigenvalue weighted by Crippen LogP contribution is -2.41. The number of aromatic nitrogens is 3. The molecule has 12 heteroatoms. The van der Waals surface area contributed by atoms with Gasteiger partial charge in [0, 0.05) is 23.6 Å². The van der Waals surface area contributed by atoms with Crippen molar-refractivity contribution in [3.63, 3.8) is 0 Å². The van der Waals surface area contributed by atoms with Crippen LogP contribution in [0.2, 0.25) is 18.1 Å². The minimum atomic E-state index is -4.67. The summed E-state index contributed by atoms with van der Waals surface area (Å²) in [7, 11) is -2.00. The third kappa shape index (κ3) is 7.34. The summed E-state index contributed by atoms with van der Waals surface area (Å²) in [6.45, 7) is 11.3. The number of aldehydes is 1. The molecule has 1 saturated carbocycles. The number of ether oxygens (including phenoxy) is 1. The third-order valence-corrected chi connectivity index (χ3v) is 12.6. The first-order valence-corrected chi connectivity index (χ1v) is 16.7. The normalized spacial score (nSPS) is 18.3. The molecule has 1 amide bonds. The summed E-state index contributed by atoms with van der Waals surface area (Å²) in [5.74, 6) is -0.389. The molecule has 1 aromatic carbocycles. The number of benzene rings is 1. The predicted molar refractivity (Wildman–Crippen MR) is 153 cm³/mol. The second-order valence-corrected chi connectivity index (χ2v) is 16.8. The summed E-state index contributed by atoms with van der Waals surface area (Å²) in [5, 5.41) is 8.18. The number of nitrogens with one attached hydrogen (secondary N) is 1. The lowest BCUT2D eigenvalue weighted by molar-refractivity contribution is -0.141. The monoisotopic (exact) mass is 590 g/mol. The zero-order valence-electron chi connectivity index (χ0n) is 24.0. The van der Waals surface area contributed by atoms with E-state index in [1.165, 1.54) is 6.07 Å². The van der Waals surface area contributed by atoms with Gasteiger partial charge in [-0.2, -0.15) is 18.3 Å². The molecular formula is C29H37F3N4O4Si. The molecule has 1 aliphatic carbocycles. The van der Waals surface area contributed by atoms with Crippen LogP contribution in [-0.2, 0) is 15.4 Å². The van der Waals surface area contributed by atoms with E-state index in [-0.39, 0.29) is 29.3 Å². The molecule has 222 valence electrons. The summed E-state index contributed by atoms with van der Waals surface area (Å²) in [6.07, 6.45) is 1.49. The maximum absolute atomic E-state index is 13.2. The van der Waals surface area contributed by atoms with Crippen LogP contribution in [0.25, 0.3) is 10.9 Å². The molecule has 0 spiro atoms. The first-order valence-electron chi connectivity index (χ1n) is 13.8. The van der Waals surface area contributed by atoms with E-state index < -0.39 is 26.1 Å². The van der Waals surface area contributed by atoms with Crippen LogP contribution in [0.1, 0.15) is 68.7 Å². The molecule has 1 aliphatic rings. The van der Waals surface area contributed by atoms with E-state index in [2.05, 4.69) is 44.2 Å². The molecule has 0 unspecified atom stereocenters. The highest BCUT2D eigenvalue weighted by Gasteiger charge is 2.37. The number of pyridine rings is 1. The molecule has 3 aromatic rings. The molecule has 8 nitrogen and oxygen atoms in total. The van der Waals surface area contributed by atoms with Gasteiger partial charge in [0.25, 0.3) is 5.91 Å². The SMILES string of the molecule is CC(C)(C)[Si](C)(C)OCCOc1cc2nn([C@H]3CC[C@H](C=O)CC3)cc2cc1NC(=O)c1cccc(C(F)(F)F)n1. The third-order valence-electron chi connectivity index (χ3n) is 8.06. The summed E-state index contributed by atoms with van der Waals surface area (Å²) >= 11 is 0. The Balaban J connectivity index is 1.59. The number of hydrogen-bond acceptors (Lipinski definition) is 6. The summed E-state index contributed by atoms with van der Waals surface area (Å²) < 4.78 is 53.7. The lowest BCUT2D eigenvalue weighted by atomic mass is 9.87. The summed E-state index contributed by atoms with van der Waals surface area (Å²) in [4.78, 5) is 27.7. The number of amides is 1. The predicted octanol–water partition coefficient (Wildman–Crippen LogP) is 7.03. The number of carbonyl (C=O) groups excluding carboxylic acids is 2. The summed E-state index contributed by atoms with van der Waals surface area (Å²) in [6, 6.07) is 6.75. The molecule has 0 atom stereocenters. The van der Waals surface area contributed by atoms with Gasteiger partial charge in [0.2, 0.25) is 0 Å². The highest BCUT2D eigenvalue weighted by atomic mass is 28.4. The average molecular weight is 591 g/mol. The standard InChI is InChI=1S/C29H37F3N4O4Si/c1-28(2,3)41(4,5)40-14-13-39-25-16-23-20(17-36(35-23)21-11-9-19(18-37)10-12-21)15-24(25)34-27(38)22-7-6-8-26(33-22)29(30,31)32/h6-8,15-19,21H,9-14H2,1-5H3,(H,34,38)/t19-,21-. The van der Waals surface area contributed by atoms with Crippen molar-refractivity contribution < 1.29 is 31.9 Å². The molecule has 41 heavy (non-hydrogen) atoms. The molecule has 2 heterocycles. The minimum absolute atomic E-state index is 0.0285. The average Bonchev–Trinajstić information content (AvgIpc) is 3.33. The van der Waals surface area contributed by atoms with Crippen molar-refractivity contribution in [1.82, 2.24) is 14.8 Å². The molecule has 1 fully saturated rings. The molecule has 0 saturated heterocycles. The van der Waals surface area contributed by atoms with E-state index in [0.717, 1.165) is 49.5 Å². The number of rotatable bonds is 9. The van der Waals surface area contributed by atoms with Gasteiger partial charge in [-0.15, -0.1) is 0 Å². The Kier molecular flexibility index (Phi) is 8.93. The molecule has 0 radical (unpaired) electrons. The largest absolute Gasteiger partial charge is 0.489 e. The number of hydrogen-bond donors (Lipinski definition) is 1. The van der Waals surface area contributed by atoms with Crippen molar-refractivity contribution in [2.45, 2.75) is 76.8 Å². The van der Waals surface area contributed by atoms with E-state index >= 15 is 0 Å². The van der Waals surface area contributed by atoms with Crippen molar-refractivity contribution in [2.24, 2.45) is 5.92 Å². The highest BCUT2D eigenvalue weighted by molar-refractivity contribution is 6.74. The van der Waals surface area contributed by atoms with Gasteiger partial charge in [0.15, 0.2) is 8.32 Å². The molecule has 4 rings (SSSR count). The second kappa shape index (κ2) is 11.9. The molecule has 0 aliphatic heterocycles. The Labute approximate surface area is 238 Å². The zero-order valence-corrected chi connectivity index (χ0v) is 25.0. The fraction of sp³-hybridized carbons (Fsp3) is 0.517. The topological polar surface area (TPSA) is 95.3 Å². The molecule has 0 bridgehead atoms. The second-order valence-electron chi connectivity index (χ2n) is 12.0. The van der Waals surface area contributed by atoms with Crippen LogP contribution in [-0.4, -0.2) is 48.5 Å². The van der Waals surface area contributed by atoms with Gasteiger partial charge in [-0.3, -0.25) is 9.48 Å². The Morgan fingerprint density at radius 1 is 1.12 bits per heavy atom. The van der Waals surface area contributed by atoms with E-state index in [4.69, 9.17) is 14.3 Å². The maximum atomic E-state index is 13.2. The lowest BCUT2D eigenvalue weighted by Gasteiger charge is -2.36. The van der Waals surface area contributed by atoms with Crippen LogP contribution in [0.4, 0.5) is 18.9 Å². The maximum Gasteiger partial charge on any atom is 0.433 e. The van der Waals surface area contributed by atoms with E-state index in [1.807, 2.05) is 10.9 Å². The zero-order chi connectivity index (χ0) is 30.0. The molecular weight excluding hydrogens is 553 g/mol. The van der Waals surface area contributed by atoms with Gasteiger partial charge in [-0.05, 0) is 62.0 Å². The van der Waals surface area contributed by atoms with Gasteiger partial charge in [-0.1, -0.05) is 26.8 Å². The van der Waals surface area contributed by atoms with Crippen LogP contribution in [0, 0.1) is 5.92 Å². The molecule has 2 aromatic heterocycles. The van der Waals surface area contributed by atoms with Crippen molar-refractivity contribution in [1.29, 1.82) is 0 Å². The Morgan fingerprint density at radius 2 is 1.83 bits per heavy atom. The molecule has 1 N–H and O–H groups in total. The van der Waals surface area contributed by atoms with Crippen LogP contribution in [0.3, 0.4) is 0 Å². The van der Waals surface area contributed by atoms with Crippen LogP contribution in [0.5, 0.6) is 5.75 Å². The van der Waals surface area contributed by atoms with Gasteiger partial charge >= 0.3 is 6.18 Å². The number of fused-ring (bicyclic) bond motifs is 1. The number of carbonyl (C=O) groups is 2. The Bertz CT molecular complexity index is 1390. The van der Waals surface area contributed by atoms with Crippen LogP contribution in [0.15, 0.2) is 36.5 Å². The highest BCUT2D eigenvalue weighted by Crippen LogP contribution is 2.37. The van der Waals surface area contributed by atoms with Gasteiger partial charge in [0.1, 0.15) is 30.0 Å². The van der Waals surface area contributed by atoms with E-state index in [1.54, 1.807) is 12.1 Å². The first kappa shape index (κ1) is 30.7. The quantitative estimate of drug-likeness (QED) is 0.163. The van der Waals surface area contributed by atoms with Crippen molar-refractivity contribution in [3.8, 4) is 5.75 Å². The number of alkyl halides is 3. The van der Waals surface area contributed by atoms with Crippen LogP contribution < -0.4 is 10.1 Å². The van der Waals surface area contributed by atoms with E-state index in [9.17, 15) is 22.8 Å². The minimum Gasteiger partial charge on any atom is -0.489 e. The van der Waals surface area contributed by atoms with E-state index in [0.29, 0.717) is 23.6 Å². The van der Waals surface area contributed by atoms with Crippen LogP contribution >= 0.6 is 0 Å². The van der Waals surface area contributed by atoms with Crippen molar-refractivity contribution in [2.75, 3.05) is 18.5 Å². The first-order chi connectivity index (χ1) is 19.2. The Morgan fingerprint density at radius 3 is 2.46 bits per heavy atom. The number of halogens is 3.